The highest BCUT2D eigenvalue weighted by molar-refractivity contribution is 5.98. The molecule has 2 atom stereocenters. The van der Waals surface area contributed by atoms with E-state index in [1.165, 1.54) is 19.4 Å². The monoisotopic (exact) mass is 302 g/mol. The molecule has 2 heterocycles. The second-order valence-corrected chi connectivity index (χ2v) is 5.95. The number of likely N-dealkylation sites (tertiary alicyclic amines) is 1. The summed E-state index contributed by atoms with van der Waals surface area (Å²) < 4.78 is 5.21. The van der Waals surface area contributed by atoms with E-state index in [9.17, 15) is 4.79 Å². The van der Waals surface area contributed by atoms with Crippen LogP contribution in [0.4, 0.5) is 0 Å². The summed E-state index contributed by atoms with van der Waals surface area (Å²) in [7, 11) is 1.64. The topological polar surface area (TPSA) is 58.6 Å². The lowest BCUT2D eigenvalue weighted by atomic mass is 10.2. The van der Waals surface area contributed by atoms with Gasteiger partial charge in [0.15, 0.2) is 0 Å². The number of aromatic amines is 1. The van der Waals surface area contributed by atoms with Gasteiger partial charge in [-0.3, -0.25) is 4.79 Å². The highest BCUT2D eigenvalue weighted by Gasteiger charge is 2.27. The van der Waals surface area contributed by atoms with Gasteiger partial charge in [0.1, 0.15) is 17.5 Å². The van der Waals surface area contributed by atoms with Crippen molar-refractivity contribution in [2.24, 2.45) is 0 Å². The summed E-state index contributed by atoms with van der Waals surface area (Å²) in [5, 5.41) is 4.09. The van der Waals surface area contributed by atoms with Gasteiger partial charge in [-0.05, 0) is 25.1 Å². The molecule has 0 bridgehead atoms. The number of aromatic nitrogens is 1. The number of H-pyrrole nitrogens is 1. The summed E-state index contributed by atoms with van der Waals surface area (Å²) in [4.78, 5) is 17.1. The van der Waals surface area contributed by atoms with E-state index in [-0.39, 0.29) is 5.91 Å². The average molecular weight is 302 g/mol. The van der Waals surface area contributed by atoms with E-state index in [1.807, 2.05) is 24.3 Å². The molecule has 1 amide bonds. The van der Waals surface area contributed by atoms with Gasteiger partial charge in [-0.2, -0.15) is 0 Å². The van der Waals surface area contributed by atoms with Gasteiger partial charge in [-0.15, -0.1) is 0 Å². The molecule has 22 heavy (non-hydrogen) atoms. The zero-order valence-electron chi connectivity index (χ0n) is 13.2. The van der Waals surface area contributed by atoms with Crippen molar-refractivity contribution >= 4 is 16.8 Å². The quantitative estimate of drug-likeness (QED) is 0.771. The van der Waals surface area contributed by atoms with E-state index in [0.29, 0.717) is 11.7 Å². The van der Waals surface area contributed by atoms with Gasteiger partial charge in [0.05, 0.1) is 26.7 Å². The minimum absolute atomic E-state index is 0.0301. The third-order valence-corrected chi connectivity index (χ3v) is 4.67. The number of nitrogens with one attached hydrogen (secondary N) is 3. The number of quaternary nitrogens is 1. The summed E-state index contributed by atoms with van der Waals surface area (Å²) in [5.41, 5.74) is 1.53. The van der Waals surface area contributed by atoms with Gasteiger partial charge in [0.2, 0.25) is 0 Å². The molecule has 3 N–H and O–H groups in total. The predicted molar refractivity (Wildman–Crippen MR) is 86.6 cm³/mol. The molecule has 1 aliphatic heterocycles. The Morgan fingerprint density at radius 1 is 1.45 bits per heavy atom. The van der Waals surface area contributed by atoms with Crippen LogP contribution >= 0.6 is 0 Å². The lowest BCUT2D eigenvalue weighted by Gasteiger charge is -2.19. The Labute approximate surface area is 130 Å². The van der Waals surface area contributed by atoms with Crippen molar-refractivity contribution in [3.63, 3.8) is 0 Å². The standard InChI is InChI=1S/C17H23N3O2/c1-3-20-8-4-5-13(20)11-18-17(21)16-9-12-6-7-14(22-2)10-15(12)19-16/h6-7,9-10,13,19H,3-5,8,11H2,1-2H3,(H,18,21)/p+1/t13-/m1/s1. The molecule has 0 saturated carbocycles. The second kappa shape index (κ2) is 6.40. The van der Waals surface area contributed by atoms with Gasteiger partial charge < -0.3 is 19.9 Å². The average Bonchev–Trinajstić information content (AvgIpc) is 3.17. The molecule has 0 spiro atoms. The maximum Gasteiger partial charge on any atom is 0.267 e. The Balaban J connectivity index is 1.67. The summed E-state index contributed by atoms with van der Waals surface area (Å²) in [6, 6.07) is 8.22. The number of fused-ring (bicyclic) bond motifs is 1. The molecule has 1 fully saturated rings. The number of hydrogen-bond acceptors (Lipinski definition) is 2. The van der Waals surface area contributed by atoms with E-state index in [0.717, 1.165) is 29.7 Å². The molecule has 1 aromatic heterocycles. The van der Waals surface area contributed by atoms with Gasteiger partial charge in [-0.1, -0.05) is 0 Å². The first kappa shape index (κ1) is 14.9. The minimum Gasteiger partial charge on any atom is -0.497 e. The smallest absolute Gasteiger partial charge is 0.267 e. The predicted octanol–water partition coefficient (Wildman–Crippen LogP) is 0.973. The van der Waals surface area contributed by atoms with E-state index >= 15 is 0 Å². The molecule has 1 saturated heterocycles. The highest BCUT2D eigenvalue weighted by Crippen LogP contribution is 2.21. The summed E-state index contributed by atoms with van der Waals surface area (Å²) in [6.07, 6.45) is 2.46. The molecule has 2 aromatic rings. The zero-order chi connectivity index (χ0) is 15.5. The lowest BCUT2D eigenvalue weighted by molar-refractivity contribution is -0.909. The third-order valence-electron chi connectivity index (χ3n) is 4.67. The van der Waals surface area contributed by atoms with Crippen molar-refractivity contribution in [1.29, 1.82) is 0 Å². The molecule has 0 aliphatic carbocycles. The van der Waals surface area contributed by atoms with E-state index in [2.05, 4.69) is 17.2 Å². The van der Waals surface area contributed by atoms with Crippen LogP contribution in [0, 0.1) is 0 Å². The Bertz CT molecular complexity index is 665. The number of benzene rings is 1. The van der Waals surface area contributed by atoms with Crippen LogP contribution in [0.15, 0.2) is 24.3 Å². The number of carbonyl (C=O) groups is 1. The van der Waals surface area contributed by atoms with Crippen LogP contribution in [0.2, 0.25) is 0 Å². The number of carbonyl (C=O) groups excluding carboxylic acids is 1. The van der Waals surface area contributed by atoms with Crippen LogP contribution < -0.4 is 15.0 Å². The SMILES string of the molecule is CC[NH+]1CCC[C@@H]1CNC(=O)c1cc2ccc(OC)cc2[nH]1. The van der Waals surface area contributed by atoms with Gasteiger partial charge in [0.25, 0.3) is 5.91 Å². The van der Waals surface area contributed by atoms with Crippen LogP contribution in [-0.2, 0) is 0 Å². The van der Waals surface area contributed by atoms with Crippen LogP contribution in [0.25, 0.3) is 10.9 Å². The normalized spacial score (nSPS) is 21.2. The van der Waals surface area contributed by atoms with Crippen molar-refractivity contribution in [2.75, 3.05) is 26.7 Å². The number of likely N-dealkylation sites (N-methyl/N-ethyl adjacent to an activating group) is 1. The first-order valence-corrected chi connectivity index (χ1v) is 8.00. The van der Waals surface area contributed by atoms with Crippen LogP contribution in [0.5, 0.6) is 5.75 Å². The number of amides is 1. The van der Waals surface area contributed by atoms with Gasteiger partial charge in [0, 0.05) is 29.8 Å². The number of methoxy groups -OCH3 is 1. The van der Waals surface area contributed by atoms with Crippen molar-refractivity contribution in [3.05, 3.63) is 30.0 Å². The van der Waals surface area contributed by atoms with Gasteiger partial charge >= 0.3 is 0 Å². The summed E-state index contributed by atoms with van der Waals surface area (Å²) in [5.74, 6) is 0.756. The number of ether oxygens (including phenoxy) is 1. The number of rotatable bonds is 5. The Morgan fingerprint density at radius 2 is 2.32 bits per heavy atom. The van der Waals surface area contributed by atoms with Crippen LogP contribution in [0.3, 0.4) is 0 Å². The first-order chi connectivity index (χ1) is 10.7. The molecule has 1 aromatic carbocycles. The maximum absolute atomic E-state index is 12.3. The minimum atomic E-state index is -0.0301. The van der Waals surface area contributed by atoms with E-state index in [4.69, 9.17) is 4.74 Å². The van der Waals surface area contributed by atoms with Crippen molar-refractivity contribution in [1.82, 2.24) is 10.3 Å². The second-order valence-electron chi connectivity index (χ2n) is 5.95. The maximum atomic E-state index is 12.3. The molecule has 0 radical (unpaired) electrons. The fraction of sp³-hybridized carbons (Fsp3) is 0.471. The fourth-order valence-electron chi connectivity index (χ4n) is 3.36. The Morgan fingerprint density at radius 3 is 3.09 bits per heavy atom. The van der Waals surface area contributed by atoms with Crippen LogP contribution in [0.1, 0.15) is 30.3 Å². The zero-order valence-corrected chi connectivity index (χ0v) is 13.2. The highest BCUT2D eigenvalue weighted by atomic mass is 16.5. The van der Waals surface area contributed by atoms with Crippen LogP contribution in [-0.4, -0.2) is 43.7 Å². The molecular weight excluding hydrogens is 278 g/mol. The molecule has 118 valence electrons. The third kappa shape index (κ3) is 2.95. The largest absolute Gasteiger partial charge is 0.497 e. The molecule has 1 unspecified atom stereocenters. The number of hydrogen-bond donors (Lipinski definition) is 3. The van der Waals surface area contributed by atoms with Crippen molar-refractivity contribution in [2.45, 2.75) is 25.8 Å². The van der Waals surface area contributed by atoms with E-state index < -0.39 is 0 Å². The molecular formula is C17H24N3O2+. The summed E-state index contributed by atoms with van der Waals surface area (Å²) in [6.45, 7) is 5.32. The first-order valence-electron chi connectivity index (χ1n) is 8.00. The lowest BCUT2D eigenvalue weighted by Crippen LogP contribution is -3.14. The Kier molecular flexibility index (Phi) is 4.34. The van der Waals surface area contributed by atoms with Crippen molar-refractivity contribution < 1.29 is 14.4 Å². The van der Waals surface area contributed by atoms with E-state index in [1.54, 1.807) is 12.0 Å². The molecule has 5 nitrogen and oxygen atoms in total. The van der Waals surface area contributed by atoms with Gasteiger partial charge in [-0.25, -0.2) is 0 Å². The molecule has 1 aliphatic rings. The fourth-order valence-corrected chi connectivity index (χ4v) is 3.36. The Hall–Kier alpha value is -2.01. The van der Waals surface area contributed by atoms with Crippen molar-refractivity contribution in [3.8, 4) is 5.75 Å². The summed E-state index contributed by atoms with van der Waals surface area (Å²) >= 11 is 0. The molecule has 5 heteroatoms. The molecule has 3 rings (SSSR count).